The number of aryl methyl sites for hydroxylation is 3. The number of aromatic hydroxyl groups is 1. The number of phenolic OH excluding ortho intramolecular Hbond substituents is 1. The Hall–Kier alpha value is -4.29. The minimum atomic E-state index is -1.34. The molecule has 2 aliphatic carbocycles. The minimum absolute atomic E-state index is 0.0292. The van der Waals surface area contributed by atoms with Gasteiger partial charge in [-0.3, -0.25) is 23.9 Å². The standard InChI is InChI=1S/C41H33BrCl2N4O5S/c1-18-5-8-22(15-29(18)44)47-37(50)24-10-9-23-26(34(24)39(47)52)16-28-38(51)48(40(53)41(28,3)35(23)27-13-20(42)6-11-31(27)49)33-17-30(45-46(33)4)36-19(2)25-14-21(43)7-12-32(25)54-36/h5-9,11-15,17,24,26,28,34-35,49H,10,16H2,1-4H3/t24-,26+,28-,34-,35+,41+/m0/s1. The molecule has 0 radical (unpaired) electrons. The highest BCUT2D eigenvalue weighted by atomic mass is 79.9. The van der Waals surface area contributed by atoms with Gasteiger partial charge >= 0.3 is 0 Å². The lowest BCUT2D eigenvalue weighted by Gasteiger charge is -2.49. The van der Waals surface area contributed by atoms with E-state index in [1.54, 1.807) is 72.5 Å². The third-order valence-corrected chi connectivity index (χ3v) is 14.6. The van der Waals surface area contributed by atoms with E-state index < -0.39 is 46.8 Å². The number of halogens is 3. The summed E-state index contributed by atoms with van der Waals surface area (Å²) in [6.07, 6.45) is 2.42. The smallest absolute Gasteiger partial charge is 0.242 e. The molecule has 13 heteroatoms. The number of imide groups is 2. The molecule has 1 N–H and O–H groups in total. The van der Waals surface area contributed by atoms with E-state index in [2.05, 4.69) is 15.9 Å². The van der Waals surface area contributed by atoms with Crippen molar-refractivity contribution < 1.29 is 24.3 Å². The lowest BCUT2D eigenvalue weighted by atomic mass is 9.51. The third kappa shape index (κ3) is 4.90. The van der Waals surface area contributed by atoms with Crippen molar-refractivity contribution in [3.05, 3.63) is 104 Å². The Balaban J connectivity index is 1.16. The van der Waals surface area contributed by atoms with Gasteiger partial charge in [0.1, 0.15) is 17.3 Å². The van der Waals surface area contributed by atoms with Gasteiger partial charge in [0.15, 0.2) is 0 Å². The van der Waals surface area contributed by atoms with Gasteiger partial charge in [-0.15, -0.1) is 11.3 Å². The fourth-order valence-electron chi connectivity index (χ4n) is 9.52. The number of carbonyl (C=O) groups excluding carboxylic acids is 4. The predicted octanol–water partition coefficient (Wildman–Crippen LogP) is 9.13. The largest absolute Gasteiger partial charge is 0.508 e. The molecule has 54 heavy (non-hydrogen) atoms. The van der Waals surface area contributed by atoms with Gasteiger partial charge in [0.05, 0.1) is 33.7 Å². The zero-order valence-electron chi connectivity index (χ0n) is 29.6. The topological polar surface area (TPSA) is 113 Å². The highest BCUT2D eigenvalue weighted by Gasteiger charge is 2.68. The van der Waals surface area contributed by atoms with Gasteiger partial charge in [-0.1, -0.05) is 56.8 Å². The molecule has 0 unspecified atom stereocenters. The number of phenols is 1. The summed E-state index contributed by atoms with van der Waals surface area (Å²) >= 11 is 17.9. The van der Waals surface area contributed by atoms with Gasteiger partial charge in [-0.05, 0) is 105 Å². The van der Waals surface area contributed by atoms with Crippen molar-refractivity contribution in [3.63, 3.8) is 0 Å². The van der Waals surface area contributed by atoms with E-state index in [-0.39, 0.29) is 30.4 Å². The molecular weight excluding hydrogens is 811 g/mol. The Morgan fingerprint density at radius 1 is 0.926 bits per heavy atom. The summed E-state index contributed by atoms with van der Waals surface area (Å²) in [6, 6.07) is 17.7. The van der Waals surface area contributed by atoms with Crippen molar-refractivity contribution in [1.29, 1.82) is 0 Å². The first-order chi connectivity index (χ1) is 25.7. The molecule has 4 aliphatic rings. The molecule has 2 saturated heterocycles. The SMILES string of the molecule is Cc1ccc(N2C(=O)[C@H]3[C@H](CC=C4[C@H]3C[C@H]3C(=O)N(c5cc(-c6sc7ccc(Cl)cc7c6C)nn5C)C(=O)[C@@]3(C)[C@H]4c3cc(Br)ccc3O)C2=O)cc1Cl. The molecule has 6 atom stereocenters. The molecule has 2 aliphatic heterocycles. The van der Waals surface area contributed by atoms with Crippen LogP contribution in [0.25, 0.3) is 20.7 Å². The number of rotatable bonds is 4. The molecular formula is C41H33BrCl2N4O5S. The molecule has 9 rings (SSSR count). The normalized spacial score (nSPS) is 26.4. The number of aromatic nitrogens is 2. The summed E-state index contributed by atoms with van der Waals surface area (Å²) in [4.78, 5) is 61.8. The van der Waals surface area contributed by atoms with Crippen LogP contribution >= 0.6 is 50.5 Å². The first kappa shape index (κ1) is 35.4. The van der Waals surface area contributed by atoms with Gasteiger partial charge in [0.2, 0.25) is 23.6 Å². The van der Waals surface area contributed by atoms with E-state index in [9.17, 15) is 19.5 Å². The summed E-state index contributed by atoms with van der Waals surface area (Å²) in [5, 5.41) is 18.3. The van der Waals surface area contributed by atoms with Crippen LogP contribution in [0.3, 0.4) is 0 Å². The molecule has 9 nitrogen and oxygen atoms in total. The number of thiophene rings is 1. The van der Waals surface area contributed by atoms with E-state index in [1.165, 1.54) is 9.80 Å². The van der Waals surface area contributed by atoms with Crippen molar-refractivity contribution in [3.8, 4) is 16.3 Å². The molecule has 4 amide bonds. The molecule has 1 saturated carbocycles. The van der Waals surface area contributed by atoms with Gasteiger partial charge in [0.25, 0.3) is 0 Å². The zero-order valence-corrected chi connectivity index (χ0v) is 33.5. The fourth-order valence-corrected chi connectivity index (χ4v) is 11.4. The van der Waals surface area contributed by atoms with Crippen LogP contribution < -0.4 is 9.80 Å². The summed E-state index contributed by atoms with van der Waals surface area (Å²) in [7, 11) is 1.71. The first-order valence-electron chi connectivity index (χ1n) is 17.6. The van der Waals surface area contributed by atoms with Gasteiger partial charge < -0.3 is 5.11 Å². The quantitative estimate of drug-likeness (QED) is 0.143. The first-order valence-corrected chi connectivity index (χ1v) is 20.0. The maximum Gasteiger partial charge on any atom is 0.242 e. The Bertz CT molecular complexity index is 2560. The Labute approximate surface area is 333 Å². The zero-order chi connectivity index (χ0) is 38.1. The number of hydrogen-bond acceptors (Lipinski definition) is 7. The maximum absolute atomic E-state index is 15.1. The molecule has 3 fully saturated rings. The number of allylic oxidation sites excluding steroid dienone is 2. The van der Waals surface area contributed by atoms with E-state index in [1.807, 2.05) is 38.1 Å². The number of fused-ring (bicyclic) bond motifs is 5. The van der Waals surface area contributed by atoms with E-state index in [0.717, 1.165) is 31.7 Å². The average Bonchev–Trinajstić information content (AvgIpc) is 3.81. The second-order valence-corrected chi connectivity index (χ2v) is 17.8. The molecule has 4 heterocycles. The van der Waals surface area contributed by atoms with Crippen LogP contribution in [0, 0.1) is 42.9 Å². The highest BCUT2D eigenvalue weighted by Crippen LogP contribution is 2.64. The molecule has 0 bridgehead atoms. The van der Waals surface area contributed by atoms with Crippen LogP contribution in [0.1, 0.15) is 42.4 Å². The molecule has 3 aromatic carbocycles. The van der Waals surface area contributed by atoms with Crippen LogP contribution in [0.5, 0.6) is 5.75 Å². The van der Waals surface area contributed by atoms with E-state index in [4.69, 9.17) is 28.3 Å². The lowest BCUT2D eigenvalue weighted by molar-refractivity contribution is -0.131. The summed E-state index contributed by atoms with van der Waals surface area (Å²) in [5.41, 5.74) is 2.75. The molecule has 274 valence electrons. The summed E-state index contributed by atoms with van der Waals surface area (Å²) < 4.78 is 3.28. The van der Waals surface area contributed by atoms with Crippen LogP contribution in [-0.4, -0.2) is 38.5 Å². The molecule has 2 aromatic heterocycles. The second-order valence-electron chi connectivity index (χ2n) is 15.0. The predicted molar refractivity (Wildman–Crippen MR) is 213 cm³/mol. The Kier molecular flexibility index (Phi) is 8.11. The molecule has 0 spiro atoms. The van der Waals surface area contributed by atoms with Crippen LogP contribution in [-0.2, 0) is 26.2 Å². The number of carbonyl (C=O) groups is 4. The maximum atomic E-state index is 15.1. The van der Waals surface area contributed by atoms with Crippen molar-refractivity contribution in [2.75, 3.05) is 9.80 Å². The monoisotopic (exact) mass is 842 g/mol. The van der Waals surface area contributed by atoms with Crippen LogP contribution in [0.4, 0.5) is 11.5 Å². The summed E-state index contributed by atoms with van der Waals surface area (Å²) in [5.74, 6) is -4.78. The Morgan fingerprint density at radius 3 is 2.46 bits per heavy atom. The van der Waals surface area contributed by atoms with Crippen molar-refractivity contribution in [1.82, 2.24) is 9.78 Å². The van der Waals surface area contributed by atoms with Crippen molar-refractivity contribution in [2.24, 2.45) is 36.1 Å². The van der Waals surface area contributed by atoms with Gasteiger partial charge in [0, 0.05) is 43.8 Å². The van der Waals surface area contributed by atoms with Crippen LogP contribution in [0.15, 0.2) is 76.8 Å². The number of benzene rings is 3. The van der Waals surface area contributed by atoms with E-state index in [0.29, 0.717) is 37.3 Å². The van der Waals surface area contributed by atoms with Gasteiger partial charge in [-0.2, -0.15) is 5.10 Å². The minimum Gasteiger partial charge on any atom is -0.508 e. The third-order valence-electron chi connectivity index (χ3n) is 12.2. The number of nitrogens with zero attached hydrogens (tertiary/aromatic N) is 4. The van der Waals surface area contributed by atoms with Crippen LogP contribution in [0.2, 0.25) is 10.0 Å². The summed E-state index contributed by atoms with van der Waals surface area (Å²) in [6.45, 7) is 5.65. The van der Waals surface area contributed by atoms with Crippen molar-refractivity contribution in [2.45, 2.75) is 39.5 Å². The number of hydrogen-bond donors (Lipinski definition) is 1. The number of amides is 4. The van der Waals surface area contributed by atoms with Crippen molar-refractivity contribution >= 4 is 95.7 Å². The fraction of sp³-hybridized carbons (Fsp3) is 0.293. The highest BCUT2D eigenvalue weighted by molar-refractivity contribution is 9.10. The second kappa shape index (κ2) is 12.4. The van der Waals surface area contributed by atoms with Gasteiger partial charge in [-0.25, -0.2) is 9.80 Å². The van der Waals surface area contributed by atoms with E-state index >= 15 is 4.79 Å². The number of anilines is 2. The Morgan fingerprint density at radius 2 is 1.70 bits per heavy atom. The molecule has 5 aromatic rings. The lowest BCUT2D eigenvalue weighted by Crippen LogP contribution is -2.49. The average molecular weight is 845 g/mol.